The van der Waals surface area contributed by atoms with Crippen LogP contribution in [0.2, 0.25) is 0 Å². The molecule has 1 aromatic heterocycles. The highest BCUT2D eigenvalue weighted by Crippen LogP contribution is 2.69. The van der Waals surface area contributed by atoms with Gasteiger partial charge in [0.25, 0.3) is 0 Å². The van der Waals surface area contributed by atoms with Crippen LogP contribution < -0.4 is 10.6 Å². The number of benzene rings is 1. The fourth-order valence-electron chi connectivity index (χ4n) is 12.7. The van der Waals surface area contributed by atoms with Gasteiger partial charge < -0.3 is 30.9 Å². The molecule has 6 N–H and O–H groups in total. The number of aromatic amines is 1. The Hall–Kier alpha value is -2.91. The maximum Gasteiger partial charge on any atom is 0.320 e. The van der Waals surface area contributed by atoms with Gasteiger partial charge in [-0.3, -0.25) is 9.59 Å². The van der Waals surface area contributed by atoms with Crippen molar-refractivity contribution in [2.75, 3.05) is 11.4 Å². The lowest BCUT2D eigenvalue weighted by Crippen LogP contribution is -2.57. The predicted octanol–water partition coefficient (Wildman–Crippen LogP) is 8.25. The topological polar surface area (TPSA) is 153 Å². The molecule has 0 radical (unpaired) electrons. The summed E-state index contributed by atoms with van der Waals surface area (Å²) in [5.74, 6) is 4.01. The van der Waals surface area contributed by atoms with Crippen LogP contribution in [0.15, 0.2) is 30.7 Å². The van der Waals surface area contributed by atoms with E-state index in [0.717, 1.165) is 54.8 Å². The maximum atomic E-state index is 14.6. The normalized spacial score (nSPS) is 33.3. The van der Waals surface area contributed by atoms with Crippen LogP contribution in [0, 0.1) is 58.2 Å². The highest BCUT2D eigenvalue weighted by Gasteiger charge is 2.61. The number of aromatic hydroxyl groups is 1. The number of H-pyrrole nitrogens is 1. The molecule has 2 aromatic rings. The van der Waals surface area contributed by atoms with Crippen molar-refractivity contribution >= 4 is 17.6 Å². The zero-order chi connectivity index (χ0) is 38.2. The van der Waals surface area contributed by atoms with Gasteiger partial charge in [-0.05, 0) is 147 Å². The van der Waals surface area contributed by atoms with E-state index in [2.05, 4.69) is 44.6 Å². The van der Waals surface area contributed by atoms with Gasteiger partial charge in [-0.15, -0.1) is 0 Å². The Bertz CT molecular complexity index is 1560. The molecule has 53 heavy (non-hydrogen) atoms. The summed E-state index contributed by atoms with van der Waals surface area (Å²) in [6.45, 7) is 14.8. The summed E-state index contributed by atoms with van der Waals surface area (Å²) in [4.78, 5) is 35.4. The van der Waals surface area contributed by atoms with Crippen molar-refractivity contribution in [1.29, 1.82) is 0 Å². The molecule has 0 saturated heterocycles. The number of likely N-dealkylation sites (N-methyl/N-ethyl adjacent to an activating group) is 1. The van der Waals surface area contributed by atoms with E-state index in [4.69, 9.17) is 5.73 Å². The van der Waals surface area contributed by atoms with E-state index in [-0.39, 0.29) is 29.1 Å². The van der Waals surface area contributed by atoms with Gasteiger partial charge in [0.05, 0.1) is 18.0 Å². The first-order chi connectivity index (χ1) is 25.2. The molecule has 4 fully saturated rings. The van der Waals surface area contributed by atoms with Crippen LogP contribution in [0.3, 0.4) is 0 Å². The number of nitrogens with one attached hydrogen (secondary N) is 1. The molecular formula is C44H68N4O5. The summed E-state index contributed by atoms with van der Waals surface area (Å²) in [7, 11) is 0. The Morgan fingerprint density at radius 3 is 2.43 bits per heavy atom. The first kappa shape index (κ1) is 39.8. The second-order valence-electron chi connectivity index (χ2n) is 18.7. The number of nitrogens with zero attached hydrogens (tertiary/aromatic N) is 2. The van der Waals surface area contributed by atoms with Crippen molar-refractivity contribution in [3.8, 4) is 5.75 Å². The van der Waals surface area contributed by atoms with Gasteiger partial charge in [0.15, 0.2) is 5.78 Å². The number of carbonyl (C=O) groups is 2. The minimum absolute atomic E-state index is 0.0169. The van der Waals surface area contributed by atoms with Crippen LogP contribution in [0.4, 0.5) is 5.82 Å². The third-order valence-electron chi connectivity index (χ3n) is 15.5. The quantitative estimate of drug-likeness (QED) is 0.115. The molecule has 9 nitrogen and oxygen atoms in total. The van der Waals surface area contributed by atoms with Crippen LogP contribution in [0.25, 0.3) is 0 Å². The summed E-state index contributed by atoms with van der Waals surface area (Å²) in [6.07, 6.45) is 17.1. The van der Waals surface area contributed by atoms with Crippen LogP contribution in [-0.4, -0.2) is 61.8 Å². The lowest BCUT2D eigenvalue weighted by molar-refractivity contribution is -0.138. The van der Waals surface area contributed by atoms with E-state index >= 15 is 0 Å². The lowest BCUT2D eigenvalue weighted by atomic mass is 9.43. The Kier molecular flexibility index (Phi) is 12.0. The number of phenolic OH excluding ortho intramolecular Hbond substituents is 1. The molecule has 1 heterocycles. The molecule has 9 heteroatoms. The number of hydrogen-bond acceptors (Lipinski definition) is 7. The van der Waals surface area contributed by atoms with Crippen molar-refractivity contribution in [1.82, 2.24) is 9.97 Å². The van der Waals surface area contributed by atoms with Crippen LogP contribution >= 0.6 is 0 Å². The summed E-state index contributed by atoms with van der Waals surface area (Å²) in [5, 5.41) is 32.8. The van der Waals surface area contributed by atoms with Gasteiger partial charge in [0.2, 0.25) is 0 Å². The highest BCUT2D eigenvalue weighted by atomic mass is 16.4. The number of anilines is 1. The van der Waals surface area contributed by atoms with Crippen LogP contribution in [0.5, 0.6) is 5.75 Å². The number of fused-ring (bicyclic) bond motifs is 5. The van der Waals surface area contributed by atoms with Gasteiger partial charge in [0.1, 0.15) is 23.7 Å². The number of hydrogen-bond donors (Lipinski definition) is 5. The zero-order valence-corrected chi connectivity index (χ0v) is 33.3. The molecule has 0 bridgehead atoms. The van der Waals surface area contributed by atoms with Crippen molar-refractivity contribution < 1.29 is 24.9 Å². The number of imidazole rings is 1. The van der Waals surface area contributed by atoms with E-state index in [1.807, 2.05) is 11.8 Å². The molecular weight excluding hydrogens is 665 g/mol. The predicted molar refractivity (Wildman–Crippen MR) is 210 cm³/mol. The van der Waals surface area contributed by atoms with E-state index < -0.39 is 29.9 Å². The average molecular weight is 733 g/mol. The molecule has 0 aliphatic heterocycles. The van der Waals surface area contributed by atoms with E-state index in [1.165, 1.54) is 69.9 Å². The molecule has 12 atom stereocenters. The molecule has 4 aliphatic carbocycles. The monoisotopic (exact) mass is 733 g/mol. The van der Waals surface area contributed by atoms with Gasteiger partial charge in [-0.2, -0.15) is 0 Å². The number of aliphatic carboxylic acids is 1. The van der Waals surface area contributed by atoms with Crippen molar-refractivity contribution in [3.05, 3.63) is 41.9 Å². The number of rotatable bonds is 15. The van der Waals surface area contributed by atoms with E-state index in [1.54, 1.807) is 18.6 Å². The molecule has 3 unspecified atom stereocenters. The summed E-state index contributed by atoms with van der Waals surface area (Å²) in [5.41, 5.74) is 7.13. The van der Waals surface area contributed by atoms with Crippen molar-refractivity contribution in [3.63, 3.8) is 0 Å². The number of carboxylic acid groups (broad SMARTS) is 1. The van der Waals surface area contributed by atoms with Gasteiger partial charge in [0, 0.05) is 12.7 Å². The second-order valence-corrected chi connectivity index (χ2v) is 18.7. The molecule has 0 amide bonds. The first-order valence-electron chi connectivity index (χ1n) is 21.0. The van der Waals surface area contributed by atoms with Gasteiger partial charge in [-0.25, -0.2) is 4.98 Å². The lowest BCUT2D eigenvalue weighted by Gasteiger charge is -2.62. The second kappa shape index (κ2) is 16.1. The fraction of sp³-hybridized carbons (Fsp3) is 0.750. The number of nitrogens with two attached hydrogens (primary N) is 1. The number of aliphatic hydroxyl groups excluding tert-OH is 1. The number of carbonyl (C=O) groups excluding carboxylic acids is 1. The fourth-order valence-corrected chi connectivity index (χ4v) is 12.7. The number of aromatic nitrogens is 2. The standard InChI is InChI=1S/C44H68N4O5/c1-7-48(38-24-46-25-47-38)39(41(51)32-21-28(11-16-37(32)49)22-36(45)42(52)53)40(50)29-17-19-43(5)30(23-29)12-13-31-34-15-14-33(27(4)10-8-9-26(2)3)44(34,6)20-18-35(31)43/h11,16,21,24-27,29-31,33-36,39-40,49-50H,7-10,12-15,17-20,22-23,45H2,1-6H3,(H,46,47)(H,52,53)/t27-,29+,30?,31+,33-,34+,35+,36+,39?,40?,43+,44-/m1/s1. The minimum atomic E-state index is -1.14. The molecule has 6 rings (SSSR count). The van der Waals surface area contributed by atoms with Crippen LogP contribution in [0.1, 0.15) is 135 Å². The zero-order valence-electron chi connectivity index (χ0n) is 33.3. The SMILES string of the molecule is CCN(c1c[nH]cn1)C(C(=O)c1cc(C[C@H](N)C(=O)O)ccc1O)C(O)[C@H]1CC[C@@]2(C)C(CC[C@H]3[C@@H]4CC[C@H]([C@H](C)CCCC(C)C)[C@@]4(C)CC[C@@H]32)C1. The third kappa shape index (κ3) is 7.68. The van der Waals surface area contributed by atoms with E-state index in [0.29, 0.717) is 29.3 Å². The molecule has 0 spiro atoms. The number of ketones is 1. The first-order valence-corrected chi connectivity index (χ1v) is 21.0. The molecule has 1 aromatic carbocycles. The number of aliphatic hydroxyl groups is 1. The largest absolute Gasteiger partial charge is 0.507 e. The number of carboxylic acids is 1. The highest BCUT2D eigenvalue weighted by molar-refractivity contribution is 6.04. The summed E-state index contributed by atoms with van der Waals surface area (Å²) in [6, 6.07) is 2.44. The Morgan fingerprint density at radius 2 is 1.75 bits per heavy atom. The van der Waals surface area contributed by atoms with Crippen molar-refractivity contribution in [2.24, 2.45) is 63.9 Å². The average Bonchev–Trinajstić information content (AvgIpc) is 3.78. The van der Waals surface area contributed by atoms with Gasteiger partial charge >= 0.3 is 5.97 Å². The Labute approximate surface area is 317 Å². The maximum absolute atomic E-state index is 14.6. The van der Waals surface area contributed by atoms with Gasteiger partial charge in [-0.1, -0.05) is 59.9 Å². The number of phenols is 1. The summed E-state index contributed by atoms with van der Waals surface area (Å²) >= 11 is 0. The third-order valence-corrected chi connectivity index (χ3v) is 15.5. The summed E-state index contributed by atoms with van der Waals surface area (Å²) < 4.78 is 0. The Balaban J connectivity index is 1.20. The molecule has 4 aliphatic rings. The van der Waals surface area contributed by atoms with Crippen LogP contribution in [-0.2, 0) is 11.2 Å². The smallest absolute Gasteiger partial charge is 0.320 e. The Morgan fingerprint density at radius 1 is 1.02 bits per heavy atom. The number of Topliss-reactive ketones (excluding diaryl/α,β-unsaturated/α-hetero) is 1. The van der Waals surface area contributed by atoms with Crippen molar-refractivity contribution in [2.45, 2.75) is 143 Å². The van der Waals surface area contributed by atoms with E-state index in [9.17, 15) is 24.9 Å². The minimum Gasteiger partial charge on any atom is -0.507 e. The molecule has 4 saturated carbocycles. The molecule has 294 valence electrons.